The number of nitrogens with one attached hydrogen (secondary N) is 1. The van der Waals surface area contributed by atoms with E-state index in [4.69, 9.17) is 0 Å². The topological polar surface area (TPSA) is 46.2 Å². The molecule has 3 rings (SSSR count). The van der Waals surface area contributed by atoms with Crippen LogP contribution in [0.5, 0.6) is 0 Å². The molecule has 1 aliphatic heterocycles. The summed E-state index contributed by atoms with van der Waals surface area (Å²) in [5.74, 6) is 1.56. The van der Waals surface area contributed by atoms with Gasteiger partial charge in [-0.05, 0) is 43.6 Å². The van der Waals surface area contributed by atoms with Gasteiger partial charge in [0, 0.05) is 29.1 Å². The first kappa shape index (κ1) is 13.8. The highest BCUT2D eigenvalue weighted by Gasteiger charge is 2.30. The smallest absolute Gasteiger partial charge is 0.252 e. The van der Waals surface area contributed by atoms with E-state index in [0.29, 0.717) is 17.6 Å². The molecule has 1 amide bonds. The molecule has 3 nitrogen and oxygen atoms in total. The molecular weight excluding hydrogens is 270 g/mol. The first-order chi connectivity index (χ1) is 9.58. The van der Waals surface area contributed by atoms with E-state index in [1.165, 1.54) is 15.3 Å². The fourth-order valence-corrected chi connectivity index (χ4v) is 5.01. The van der Waals surface area contributed by atoms with Crippen LogP contribution >= 0.6 is 11.3 Å². The maximum atomic E-state index is 12.0. The predicted molar refractivity (Wildman–Crippen MR) is 80.5 cm³/mol. The lowest BCUT2D eigenvalue weighted by molar-refractivity contribution is -0.121. The molecule has 0 spiro atoms. The van der Waals surface area contributed by atoms with Gasteiger partial charge < -0.3 is 5.32 Å². The van der Waals surface area contributed by atoms with Gasteiger partial charge in [0.1, 0.15) is 5.78 Å². The number of fused-ring (bicyclic) bond motifs is 1. The Balaban J connectivity index is 1.87. The molecule has 108 valence electrons. The van der Waals surface area contributed by atoms with Crippen LogP contribution in [-0.2, 0) is 11.2 Å². The van der Waals surface area contributed by atoms with E-state index in [1.807, 2.05) is 11.3 Å². The van der Waals surface area contributed by atoms with Crippen molar-refractivity contribution in [3.63, 3.8) is 0 Å². The molecule has 1 atom stereocenters. The highest BCUT2D eigenvalue weighted by atomic mass is 32.1. The van der Waals surface area contributed by atoms with Crippen molar-refractivity contribution in [2.45, 2.75) is 51.9 Å². The largest absolute Gasteiger partial charge is 0.352 e. The summed E-state index contributed by atoms with van der Waals surface area (Å²) in [6.45, 7) is 5.11. The number of amides is 1. The third kappa shape index (κ3) is 2.30. The summed E-state index contributed by atoms with van der Waals surface area (Å²) in [5, 5.41) is 2.94. The number of carbonyl (C=O) groups excluding carboxylic acids is 2. The minimum atomic E-state index is 0.0947. The summed E-state index contributed by atoms with van der Waals surface area (Å²) >= 11 is 1.82. The quantitative estimate of drug-likeness (QED) is 0.909. The van der Waals surface area contributed by atoms with Gasteiger partial charge in [0.15, 0.2) is 0 Å². The molecule has 1 N–H and O–H groups in total. The van der Waals surface area contributed by atoms with Gasteiger partial charge in [-0.25, -0.2) is 0 Å². The fourth-order valence-electron chi connectivity index (χ4n) is 3.55. The molecule has 1 aromatic heterocycles. The normalized spacial score (nSPS) is 21.5. The van der Waals surface area contributed by atoms with Crippen molar-refractivity contribution < 1.29 is 9.59 Å². The fraction of sp³-hybridized carbons (Fsp3) is 0.625. The third-order valence-corrected chi connectivity index (χ3v) is 6.38. The summed E-state index contributed by atoms with van der Waals surface area (Å²) < 4.78 is 0. The van der Waals surface area contributed by atoms with Gasteiger partial charge in [-0.15, -0.1) is 11.3 Å². The van der Waals surface area contributed by atoms with Crippen molar-refractivity contribution in [3.8, 4) is 0 Å². The number of carbonyl (C=O) groups is 2. The Morgan fingerprint density at radius 3 is 2.55 bits per heavy atom. The highest BCUT2D eigenvalue weighted by molar-refractivity contribution is 7.12. The molecule has 1 aliphatic carbocycles. The summed E-state index contributed by atoms with van der Waals surface area (Å²) in [6.07, 6.45) is 4.45. The molecule has 0 radical (unpaired) electrons. The maximum Gasteiger partial charge on any atom is 0.252 e. The van der Waals surface area contributed by atoms with Crippen LogP contribution in [0.2, 0.25) is 0 Å². The number of ketones is 1. The molecule has 2 aliphatic rings. The van der Waals surface area contributed by atoms with Gasteiger partial charge in [-0.3, -0.25) is 9.59 Å². The molecule has 0 saturated heterocycles. The lowest BCUT2D eigenvalue weighted by atomic mass is 9.79. The second-order valence-electron chi connectivity index (χ2n) is 6.06. The maximum absolute atomic E-state index is 12.0. The van der Waals surface area contributed by atoms with Gasteiger partial charge in [-0.1, -0.05) is 6.92 Å². The second kappa shape index (κ2) is 5.32. The van der Waals surface area contributed by atoms with Crippen LogP contribution in [0.25, 0.3) is 0 Å². The molecule has 1 saturated carbocycles. The predicted octanol–water partition coefficient (Wildman–Crippen LogP) is 3.21. The van der Waals surface area contributed by atoms with Gasteiger partial charge >= 0.3 is 0 Å². The first-order valence-corrected chi connectivity index (χ1v) is 8.31. The molecule has 4 heteroatoms. The minimum absolute atomic E-state index is 0.0947. The van der Waals surface area contributed by atoms with Crippen molar-refractivity contribution in [1.82, 2.24) is 5.32 Å². The number of Topliss-reactive ketones (excluding diaryl/α,β-unsaturated/α-hetero) is 1. The average molecular weight is 291 g/mol. The van der Waals surface area contributed by atoms with Crippen LogP contribution in [0, 0.1) is 12.8 Å². The monoisotopic (exact) mass is 291 g/mol. The molecule has 1 fully saturated rings. The van der Waals surface area contributed by atoms with Gasteiger partial charge in [-0.2, -0.15) is 0 Å². The standard InChI is InChI=1S/C16H21NO2S/c1-9(11-3-5-12(18)6-4-11)15-10(2)14-13(20-15)7-8-17-16(14)19/h9,11H,3-8H2,1-2H3,(H,17,19)/t9-/m1/s1. The van der Waals surface area contributed by atoms with E-state index < -0.39 is 0 Å². The van der Waals surface area contributed by atoms with E-state index in [9.17, 15) is 9.59 Å². The number of hydrogen-bond acceptors (Lipinski definition) is 3. The second-order valence-corrected chi connectivity index (χ2v) is 7.20. The molecule has 2 heterocycles. The summed E-state index contributed by atoms with van der Waals surface area (Å²) in [7, 11) is 0. The Bertz CT molecular complexity index is 551. The van der Waals surface area contributed by atoms with E-state index in [0.717, 1.165) is 44.2 Å². The highest BCUT2D eigenvalue weighted by Crippen LogP contribution is 2.42. The minimum Gasteiger partial charge on any atom is -0.352 e. The number of hydrogen-bond donors (Lipinski definition) is 1. The zero-order valence-corrected chi connectivity index (χ0v) is 12.9. The van der Waals surface area contributed by atoms with E-state index in [-0.39, 0.29) is 5.91 Å². The summed E-state index contributed by atoms with van der Waals surface area (Å²) in [4.78, 5) is 26.0. The van der Waals surface area contributed by atoms with Crippen molar-refractivity contribution in [3.05, 3.63) is 20.9 Å². The van der Waals surface area contributed by atoms with Gasteiger partial charge in [0.05, 0.1) is 5.56 Å². The van der Waals surface area contributed by atoms with Crippen molar-refractivity contribution >= 4 is 23.0 Å². The third-order valence-electron chi connectivity index (χ3n) is 4.83. The van der Waals surface area contributed by atoms with Crippen LogP contribution in [-0.4, -0.2) is 18.2 Å². The van der Waals surface area contributed by atoms with Crippen molar-refractivity contribution in [1.29, 1.82) is 0 Å². The van der Waals surface area contributed by atoms with E-state index in [1.54, 1.807) is 0 Å². The zero-order chi connectivity index (χ0) is 14.3. The van der Waals surface area contributed by atoms with Crippen molar-refractivity contribution in [2.24, 2.45) is 5.92 Å². The van der Waals surface area contributed by atoms with Crippen molar-refractivity contribution in [2.75, 3.05) is 6.54 Å². The van der Waals surface area contributed by atoms with E-state index >= 15 is 0 Å². The summed E-state index contributed by atoms with van der Waals surface area (Å²) in [5.41, 5.74) is 2.10. The van der Waals surface area contributed by atoms with Crippen LogP contribution in [0.3, 0.4) is 0 Å². The Kier molecular flexibility index (Phi) is 3.67. The Morgan fingerprint density at radius 1 is 1.20 bits per heavy atom. The van der Waals surface area contributed by atoms with Gasteiger partial charge in [0.2, 0.25) is 0 Å². The first-order valence-electron chi connectivity index (χ1n) is 7.50. The van der Waals surface area contributed by atoms with Crippen LogP contribution in [0.4, 0.5) is 0 Å². The lowest BCUT2D eigenvalue weighted by Gasteiger charge is -2.27. The Hall–Kier alpha value is -1.16. The molecule has 1 aromatic rings. The molecule has 0 bridgehead atoms. The Morgan fingerprint density at radius 2 is 1.90 bits per heavy atom. The summed E-state index contributed by atoms with van der Waals surface area (Å²) in [6, 6.07) is 0. The average Bonchev–Trinajstić information content (AvgIpc) is 2.77. The van der Waals surface area contributed by atoms with Gasteiger partial charge in [0.25, 0.3) is 5.91 Å². The number of thiophene rings is 1. The van der Waals surface area contributed by atoms with E-state index in [2.05, 4.69) is 19.2 Å². The molecule has 20 heavy (non-hydrogen) atoms. The zero-order valence-electron chi connectivity index (χ0n) is 12.1. The van der Waals surface area contributed by atoms with Crippen LogP contribution < -0.4 is 5.32 Å². The molecule has 0 unspecified atom stereocenters. The Labute approximate surface area is 123 Å². The number of rotatable bonds is 2. The SMILES string of the molecule is Cc1c([C@H](C)C2CCC(=O)CC2)sc2c1C(=O)NCC2. The van der Waals surface area contributed by atoms with Crippen LogP contribution in [0.15, 0.2) is 0 Å². The molecular formula is C16H21NO2S. The lowest BCUT2D eigenvalue weighted by Crippen LogP contribution is -2.31. The molecule has 0 aromatic carbocycles. The van der Waals surface area contributed by atoms with Crippen LogP contribution in [0.1, 0.15) is 64.2 Å².